The van der Waals surface area contributed by atoms with Gasteiger partial charge in [0.1, 0.15) is 0 Å². The number of halogens is 3. The molecule has 1 aliphatic carbocycles. The van der Waals surface area contributed by atoms with E-state index in [4.69, 9.17) is 5.11 Å². The molecule has 1 N–H and O–H groups in total. The first-order valence-electron chi connectivity index (χ1n) is 6.75. The molecule has 1 aromatic carbocycles. The fourth-order valence-corrected chi connectivity index (χ4v) is 2.78. The summed E-state index contributed by atoms with van der Waals surface area (Å²) in [6, 6.07) is 3.95. The summed E-state index contributed by atoms with van der Waals surface area (Å²) in [6.07, 6.45) is -2.02. The van der Waals surface area contributed by atoms with Crippen LogP contribution in [0.3, 0.4) is 0 Å². The molecule has 0 saturated heterocycles. The van der Waals surface area contributed by atoms with Gasteiger partial charge in [-0.05, 0) is 25.0 Å². The highest BCUT2D eigenvalue weighted by Gasteiger charge is 2.36. The Bertz CT molecular complexity index is 534. The van der Waals surface area contributed by atoms with Gasteiger partial charge < -0.3 is 5.11 Å². The monoisotopic (exact) mass is 300 g/mol. The van der Waals surface area contributed by atoms with E-state index in [1.807, 2.05) is 0 Å². The lowest BCUT2D eigenvalue weighted by molar-refractivity contribution is -0.144. The van der Waals surface area contributed by atoms with E-state index < -0.39 is 29.5 Å². The van der Waals surface area contributed by atoms with Gasteiger partial charge in [-0.2, -0.15) is 13.2 Å². The van der Waals surface area contributed by atoms with Gasteiger partial charge in [0.15, 0.2) is 5.78 Å². The average molecular weight is 300 g/mol. The van der Waals surface area contributed by atoms with Crippen LogP contribution >= 0.6 is 0 Å². The van der Waals surface area contributed by atoms with Crippen molar-refractivity contribution in [3.63, 3.8) is 0 Å². The van der Waals surface area contributed by atoms with Crippen molar-refractivity contribution in [1.82, 2.24) is 0 Å². The van der Waals surface area contributed by atoms with Gasteiger partial charge in [-0.25, -0.2) is 0 Å². The highest BCUT2D eigenvalue weighted by Crippen LogP contribution is 2.34. The zero-order chi connectivity index (χ0) is 15.6. The summed E-state index contributed by atoms with van der Waals surface area (Å²) in [5.74, 6) is -2.78. The van der Waals surface area contributed by atoms with Crippen LogP contribution < -0.4 is 0 Å². The van der Waals surface area contributed by atoms with Crippen molar-refractivity contribution in [2.75, 3.05) is 0 Å². The third-order valence-corrected chi connectivity index (χ3v) is 3.92. The quantitative estimate of drug-likeness (QED) is 0.864. The van der Waals surface area contributed by atoms with E-state index in [2.05, 4.69) is 0 Å². The second kappa shape index (κ2) is 5.87. The lowest BCUT2D eigenvalue weighted by atomic mass is 9.75. The van der Waals surface area contributed by atoms with Gasteiger partial charge in [0.2, 0.25) is 0 Å². The summed E-state index contributed by atoms with van der Waals surface area (Å²) in [6.45, 7) is 0. The van der Waals surface area contributed by atoms with Gasteiger partial charge in [0, 0.05) is 11.5 Å². The first kappa shape index (κ1) is 15.5. The number of ketones is 1. The number of carboxylic acids is 1. The SMILES string of the molecule is O=C(O)[C@@H]1CCCC[C@H]1C(=O)c1ccc(C(F)(F)F)cc1. The second-order valence-corrected chi connectivity index (χ2v) is 5.28. The van der Waals surface area contributed by atoms with E-state index >= 15 is 0 Å². The number of hydrogen-bond donors (Lipinski definition) is 1. The molecule has 0 radical (unpaired) electrons. The van der Waals surface area contributed by atoms with Crippen LogP contribution in [0.1, 0.15) is 41.6 Å². The van der Waals surface area contributed by atoms with Crippen molar-refractivity contribution in [1.29, 1.82) is 0 Å². The summed E-state index contributed by atoms with van der Waals surface area (Å²) in [4.78, 5) is 23.5. The average Bonchev–Trinajstić information content (AvgIpc) is 2.45. The van der Waals surface area contributed by atoms with E-state index in [-0.39, 0.29) is 11.3 Å². The number of carbonyl (C=O) groups excluding carboxylic acids is 1. The Labute approximate surface area is 119 Å². The number of Topliss-reactive ketones (excluding diaryl/α,β-unsaturated/α-hetero) is 1. The summed E-state index contributed by atoms with van der Waals surface area (Å²) in [7, 11) is 0. The highest BCUT2D eigenvalue weighted by molar-refractivity contribution is 6.00. The molecule has 1 aromatic rings. The van der Waals surface area contributed by atoms with Crippen LogP contribution in [-0.2, 0) is 11.0 Å². The molecule has 0 amide bonds. The van der Waals surface area contributed by atoms with Crippen LogP contribution in [0.15, 0.2) is 24.3 Å². The molecule has 0 spiro atoms. The zero-order valence-electron chi connectivity index (χ0n) is 11.2. The lowest BCUT2D eigenvalue weighted by Gasteiger charge is -2.27. The van der Waals surface area contributed by atoms with E-state index in [9.17, 15) is 22.8 Å². The topological polar surface area (TPSA) is 54.4 Å². The van der Waals surface area contributed by atoms with Gasteiger partial charge in [-0.1, -0.05) is 25.0 Å². The number of carboxylic acid groups (broad SMARTS) is 1. The van der Waals surface area contributed by atoms with Crippen molar-refractivity contribution in [2.24, 2.45) is 11.8 Å². The van der Waals surface area contributed by atoms with E-state index in [0.29, 0.717) is 12.8 Å². The van der Waals surface area contributed by atoms with Gasteiger partial charge in [-0.3, -0.25) is 9.59 Å². The van der Waals surface area contributed by atoms with Crippen molar-refractivity contribution < 1.29 is 27.9 Å². The first-order chi connectivity index (χ1) is 9.80. The molecule has 114 valence electrons. The third kappa shape index (κ3) is 3.43. The normalized spacial score (nSPS) is 22.8. The molecule has 6 heteroatoms. The van der Waals surface area contributed by atoms with Crippen LogP contribution in [0.2, 0.25) is 0 Å². The highest BCUT2D eigenvalue weighted by atomic mass is 19.4. The minimum Gasteiger partial charge on any atom is -0.481 e. The van der Waals surface area contributed by atoms with Crippen LogP contribution in [0, 0.1) is 11.8 Å². The zero-order valence-corrected chi connectivity index (χ0v) is 11.2. The second-order valence-electron chi connectivity index (χ2n) is 5.28. The molecule has 1 aliphatic rings. The molecule has 0 aromatic heterocycles. The summed E-state index contributed by atoms with van der Waals surface area (Å²) in [5.41, 5.74) is -0.682. The molecule has 1 fully saturated rings. The summed E-state index contributed by atoms with van der Waals surface area (Å²) >= 11 is 0. The number of benzene rings is 1. The Kier molecular flexibility index (Phi) is 4.34. The minimum absolute atomic E-state index is 0.140. The molecular weight excluding hydrogens is 285 g/mol. The molecule has 2 rings (SSSR count). The number of hydrogen-bond acceptors (Lipinski definition) is 2. The van der Waals surface area contributed by atoms with E-state index in [1.54, 1.807) is 0 Å². The Morgan fingerprint density at radius 2 is 1.52 bits per heavy atom. The number of carbonyl (C=O) groups is 2. The van der Waals surface area contributed by atoms with E-state index in [1.165, 1.54) is 0 Å². The van der Waals surface area contributed by atoms with Crippen LogP contribution in [-0.4, -0.2) is 16.9 Å². The molecule has 0 unspecified atom stereocenters. The Morgan fingerprint density at radius 1 is 1.00 bits per heavy atom. The van der Waals surface area contributed by atoms with Gasteiger partial charge in [0.25, 0.3) is 0 Å². The summed E-state index contributed by atoms with van der Waals surface area (Å²) < 4.78 is 37.4. The van der Waals surface area contributed by atoms with Gasteiger partial charge >= 0.3 is 12.1 Å². The first-order valence-corrected chi connectivity index (χ1v) is 6.75. The number of rotatable bonds is 3. The van der Waals surface area contributed by atoms with Gasteiger partial charge in [0.05, 0.1) is 11.5 Å². The number of aliphatic carboxylic acids is 1. The summed E-state index contributed by atoms with van der Waals surface area (Å²) in [5, 5.41) is 9.15. The largest absolute Gasteiger partial charge is 0.481 e. The maximum atomic E-state index is 12.5. The maximum absolute atomic E-state index is 12.5. The molecule has 21 heavy (non-hydrogen) atoms. The standard InChI is InChI=1S/C15H15F3O3/c16-15(17,18)10-7-5-9(6-8-10)13(19)11-3-1-2-4-12(11)14(20)21/h5-8,11-12H,1-4H2,(H,20,21)/t11-,12-/m1/s1. The Morgan fingerprint density at radius 3 is 2.00 bits per heavy atom. The molecular formula is C15H15F3O3. The smallest absolute Gasteiger partial charge is 0.416 e. The fourth-order valence-electron chi connectivity index (χ4n) is 2.78. The van der Waals surface area contributed by atoms with Crippen molar-refractivity contribution >= 4 is 11.8 Å². The minimum atomic E-state index is -4.45. The van der Waals surface area contributed by atoms with Crippen molar-refractivity contribution in [3.8, 4) is 0 Å². The molecule has 3 nitrogen and oxygen atoms in total. The third-order valence-electron chi connectivity index (χ3n) is 3.92. The number of alkyl halides is 3. The predicted octanol–water partition coefficient (Wildman–Crippen LogP) is 3.78. The van der Waals surface area contributed by atoms with Crippen LogP contribution in [0.4, 0.5) is 13.2 Å². The maximum Gasteiger partial charge on any atom is 0.416 e. The Hall–Kier alpha value is -1.85. The van der Waals surface area contributed by atoms with Crippen LogP contribution in [0.5, 0.6) is 0 Å². The van der Waals surface area contributed by atoms with Crippen LogP contribution in [0.25, 0.3) is 0 Å². The van der Waals surface area contributed by atoms with Crippen molar-refractivity contribution in [3.05, 3.63) is 35.4 Å². The molecule has 2 atom stereocenters. The predicted molar refractivity (Wildman–Crippen MR) is 68.9 cm³/mol. The lowest BCUT2D eigenvalue weighted by Crippen LogP contribution is -2.32. The van der Waals surface area contributed by atoms with Gasteiger partial charge in [-0.15, -0.1) is 0 Å². The molecule has 0 aliphatic heterocycles. The van der Waals surface area contributed by atoms with E-state index in [0.717, 1.165) is 37.1 Å². The molecule has 0 bridgehead atoms. The fraction of sp³-hybridized carbons (Fsp3) is 0.467. The van der Waals surface area contributed by atoms with Crippen molar-refractivity contribution in [2.45, 2.75) is 31.9 Å². The molecule has 1 saturated carbocycles. The Balaban J connectivity index is 2.20. The molecule has 0 heterocycles.